The van der Waals surface area contributed by atoms with Gasteiger partial charge in [-0.3, -0.25) is 38.6 Å². The van der Waals surface area contributed by atoms with Gasteiger partial charge in [0.1, 0.15) is 18.7 Å². The third-order valence-corrected chi connectivity index (χ3v) is 18.7. The highest BCUT2D eigenvalue weighted by molar-refractivity contribution is 7.80. The van der Waals surface area contributed by atoms with Crippen molar-refractivity contribution in [3.05, 3.63) is 76.6 Å². The average molecular weight is 1280 g/mol. The van der Waals surface area contributed by atoms with Crippen LogP contribution in [0, 0.1) is 30.6 Å². The standard InChI is InChI=1S/C60H75Cl2N10O13PS/c1-9-11-45(74)68-50(32(2)3)54(76)67-40(12-10-17-63-35(6)73)53(75)66-39-15-13-36(14-16-39)28-83-57(79)69(7)18-19-70(8)58(87)84-43-20-41-48(46-33(4)24-64-51(43)46)37(22-61)26-71(41)55(77)59-29-60(30-59,31-59)56(78)72-27-38(23-62)49-42(72)21-44(85-86(80,81)82)52-47(49)34(5)25-65-52/h13-16,20-21,24-25,32,37-38,40,50,64-65H,9-12,17-19,22-23,26-31H2,1-8H3,(H,63,73)(H,66,75)(H,67,76)(H,68,74)(H2,80,81,82). The highest BCUT2D eigenvalue weighted by Crippen LogP contribution is 2.75. The quantitative estimate of drug-likeness (QED) is 0.0125. The van der Waals surface area contributed by atoms with Gasteiger partial charge in [-0.15, -0.1) is 23.2 Å². The summed E-state index contributed by atoms with van der Waals surface area (Å²) in [6, 6.07) is 8.14. The van der Waals surface area contributed by atoms with E-state index in [9.17, 15) is 47.9 Å². The molecule has 3 saturated carbocycles. The first-order chi connectivity index (χ1) is 41.2. The number of carbonyl (C=O) groups excluding carboxylic acids is 7. The zero-order valence-corrected chi connectivity index (χ0v) is 53.1. The van der Waals surface area contributed by atoms with Crippen molar-refractivity contribution in [3.8, 4) is 11.5 Å². The van der Waals surface area contributed by atoms with E-state index in [1.807, 2.05) is 27.0 Å². The number of ether oxygens (including phenoxy) is 2. The number of benzene rings is 3. The first kappa shape index (κ1) is 64.5. The topological polar surface area (TPSA) is 297 Å². The van der Waals surface area contributed by atoms with Gasteiger partial charge in [0.05, 0.1) is 33.2 Å². The fourth-order valence-electron chi connectivity index (χ4n) is 12.7. The van der Waals surface area contributed by atoms with Crippen molar-refractivity contribution in [1.82, 2.24) is 35.7 Å². The van der Waals surface area contributed by atoms with Crippen molar-refractivity contribution < 1.29 is 61.9 Å². The number of amides is 7. The van der Waals surface area contributed by atoms with Crippen molar-refractivity contribution in [2.45, 2.75) is 117 Å². The molecule has 2 aromatic heterocycles. The minimum Gasteiger partial charge on any atom is -0.445 e. The van der Waals surface area contributed by atoms with Gasteiger partial charge in [-0.05, 0) is 110 Å². The molecule has 3 aliphatic carbocycles. The Kier molecular flexibility index (Phi) is 19.3. The molecule has 27 heteroatoms. The summed E-state index contributed by atoms with van der Waals surface area (Å²) in [5, 5.41) is 12.8. The fourth-order valence-corrected chi connectivity index (χ4v) is 13.8. The van der Waals surface area contributed by atoms with E-state index in [1.54, 1.807) is 79.2 Å². The molecule has 23 nitrogen and oxygen atoms in total. The van der Waals surface area contributed by atoms with Crippen LogP contribution >= 0.6 is 43.2 Å². The van der Waals surface area contributed by atoms with Crippen LogP contribution in [0.15, 0.2) is 48.8 Å². The Morgan fingerprint density at radius 1 is 0.816 bits per heavy atom. The summed E-state index contributed by atoms with van der Waals surface area (Å²) in [6.45, 7) is 11.9. The molecule has 2 bridgehead atoms. The summed E-state index contributed by atoms with van der Waals surface area (Å²) < 4.78 is 29.3. The third kappa shape index (κ3) is 13.3. The summed E-state index contributed by atoms with van der Waals surface area (Å²) in [6.07, 6.45) is 5.43. The second-order valence-corrected chi connectivity index (χ2v) is 26.1. The Labute approximate surface area is 519 Å². The first-order valence-corrected chi connectivity index (χ1v) is 32.1. The van der Waals surface area contributed by atoms with Crippen LogP contribution in [0.2, 0.25) is 0 Å². The molecule has 0 saturated heterocycles. The first-order valence-electron chi connectivity index (χ1n) is 29.1. The van der Waals surface area contributed by atoms with E-state index in [2.05, 4.69) is 31.2 Å². The number of alkyl halides is 2. The lowest BCUT2D eigenvalue weighted by molar-refractivity contribution is -0.205. The van der Waals surface area contributed by atoms with E-state index >= 15 is 0 Å². The predicted molar refractivity (Wildman–Crippen MR) is 334 cm³/mol. The number of anilines is 3. The van der Waals surface area contributed by atoms with Crippen LogP contribution in [0.4, 0.5) is 21.9 Å². The van der Waals surface area contributed by atoms with Crippen molar-refractivity contribution in [1.29, 1.82) is 0 Å². The molecule has 2 aliphatic heterocycles. The maximum absolute atomic E-state index is 14.9. The van der Waals surface area contributed by atoms with Gasteiger partial charge in [-0.2, -0.15) is 0 Å². The van der Waals surface area contributed by atoms with Gasteiger partial charge in [0.25, 0.3) is 5.17 Å². The van der Waals surface area contributed by atoms with Gasteiger partial charge >= 0.3 is 13.9 Å². The lowest BCUT2D eigenvalue weighted by atomic mass is 9.34. The maximum Gasteiger partial charge on any atom is 0.524 e. The molecule has 3 aromatic carbocycles. The predicted octanol–water partition coefficient (Wildman–Crippen LogP) is 8.09. The number of aromatic nitrogens is 2. The number of likely N-dealkylation sites (N-methyl/N-ethyl adjacent to an activating group) is 2. The number of nitrogens with zero attached hydrogens (tertiary/aromatic N) is 4. The molecule has 468 valence electrons. The number of fused-ring (bicyclic) bond motifs is 6. The summed E-state index contributed by atoms with van der Waals surface area (Å²) in [5.74, 6) is -1.73. The number of phosphoric acid groups is 1. The van der Waals surface area contributed by atoms with E-state index in [0.717, 1.165) is 27.6 Å². The molecule has 5 aliphatic rings. The summed E-state index contributed by atoms with van der Waals surface area (Å²) >= 11 is 19.0. The number of carbonyl (C=O) groups is 7. The minimum absolute atomic E-state index is 0.0751. The zero-order valence-electron chi connectivity index (χ0n) is 49.9. The third-order valence-electron chi connectivity index (χ3n) is 17.1. The van der Waals surface area contributed by atoms with Gasteiger partial charge in [0.2, 0.25) is 35.4 Å². The Morgan fingerprint density at radius 2 is 1.36 bits per heavy atom. The van der Waals surface area contributed by atoms with Crippen LogP contribution in [0.1, 0.15) is 112 Å². The van der Waals surface area contributed by atoms with Gasteiger partial charge in [0.15, 0.2) is 11.5 Å². The van der Waals surface area contributed by atoms with Gasteiger partial charge in [0, 0.05) is 125 Å². The molecule has 10 rings (SSSR count). The van der Waals surface area contributed by atoms with Crippen molar-refractivity contribution in [3.63, 3.8) is 0 Å². The number of H-pyrrole nitrogens is 2. The van der Waals surface area contributed by atoms with E-state index in [0.29, 0.717) is 90.0 Å². The summed E-state index contributed by atoms with van der Waals surface area (Å²) in [7, 11) is -1.65. The van der Waals surface area contributed by atoms with E-state index in [-0.39, 0.29) is 103 Å². The molecule has 3 fully saturated rings. The Balaban J connectivity index is 0.798. The number of hydrogen-bond donors (Lipinski definition) is 8. The van der Waals surface area contributed by atoms with Crippen molar-refractivity contribution >= 4 is 129 Å². The van der Waals surface area contributed by atoms with Crippen LogP contribution in [0.3, 0.4) is 0 Å². The number of nitrogens with one attached hydrogen (secondary N) is 6. The van der Waals surface area contributed by atoms with Crippen LogP contribution < -0.4 is 40.3 Å². The minimum atomic E-state index is -4.97. The molecular weight excluding hydrogens is 1200 g/mol. The molecule has 87 heavy (non-hydrogen) atoms. The number of hydrogen-bond acceptors (Lipinski definition) is 12. The Morgan fingerprint density at radius 3 is 1.87 bits per heavy atom. The molecular formula is C60H75Cl2N10O13PS. The van der Waals surface area contributed by atoms with Crippen LogP contribution in [-0.4, -0.2) is 147 Å². The lowest BCUT2D eigenvalue weighted by Gasteiger charge is -2.69. The normalized spacial score (nSPS) is 19.7. The summed E-state index contributed by atoms with van der Waals surface area (Å²) in [5.41, 5.74) is 5.08. The molecule has 4 atom stereocenters. The largest absolute Gasteiger partial charge is 0.524 e. The lowest BCUT2D eigenvalue weighted by Crippen LogP contribution is -2.73. The molecule has 4 heterocycles. The number of aryl methyl sites for hydroxylation is 2. The highest BCUT2D eigenvalue weighted by atomic mass is 35.5. The number of thiocarbonyl (C=S) groups is 1. The van der Waals surface area contributed by atoms with Crippen LogP contribution in [0.25, 0.3) is 21.8 Å². The second-order valence-electron chi connectivity index (χ2n) is 23.9. The molecule has 4 unspecified atom stereocenters. The van der Waals surface area contributed by atoms with E-state index in [4.69, 9.17) is 49.4 Å². The monoisotopic (exact) mass is 1280 g/mol. The average Bonchev–Trinajstić information content (AvgIpc) is 1.45. The van der Waals surface area contributed by atoms with Gasteiger partial charge in [-0.25, -0.2) is 9.36 Å². The zero-order chi connectivity index (χ0) is 63.0. The van der Waals surface area contributed by atoms with Crippen LogP contribution in [-0.2, 0) is 44.7 Å². The smallest absolute Gasteiger partial charge is 0.445 e. The molecule has 0 radical (unpaired) electrons. The summed E-state index contributed by atoms with van der Waals surface area (Å²) in [4.78, 5) is 126. The van der Waals surface area contributed by atoms with Crippen molar-refractivity contribution in [2.75, 3.05) is 73.7 Å². The molecule has 7 amide bonds. The van der Waals surface area contributed by atoms with Gasteiger partial charge < -0.3 is 64.8 Å². The fraction of sp³-hybridized carbons (Fsp3) is 0.500. The molecule has 5 aromatic rings. The molecule has 0 spiro atoms. The Hall–Kier alpha value is -6.95. The van der Waals surface area contributed by atoms with Gasteiger partial charge in [-0.1, -0.05) is 32.9 Å². The number of rotatable bonds is 24. The van der Waals surface area contributed by atoms with Crippen LogP contribution in [0.5, 0.6) is 11.5 Å². The SMILES string of the molecule is CCCC(=O)NC(C(=O)NC(CCCNC(C)=O)C(=O)Nc1ccc(COC(=O)N(C)CCN(C)C(=S)Oc2cc3c(c4c(C)c[nH]c24)C(CCl)CN3C(=O)C23CC(C(=O)N4CC(CCl)c5c4cc(OP(=O)(O)O)c4[nH]cc(C)c54)(C2)C3)cc1)C(C)C. The highest BCUT2D eigenvalue weighted by Gasteiger charge is 2.76. The number of halogens is 2. The number of phosphoric ester groups is 1. The van der Waals surface area contributed by atoms with E-state index in [1.165, 1.54) is 17.9 Å². The maximum atomic E-state index is 14.9. The van der Waals surface area contributed by atoms with Crippen molar-refractivity contribution in [2.24, 2.45) is 16.7 Å². The number of aromatic amines is 2. The Bertz CT molecular complexity index is 3570. The molecule has 8 N–H and O–H groups in total. The second kappa shape index (κ2) is 26.0. The van der Waals surface area contributed by atoms with E-state index < -0.39 is 48.6 Å².